The Hall–Kier alpha value is -8.66. The fourth-order valence-corrected chi connectivity index (χ4v) is 10.3. The van der Waals surface area contributed by atoms with Gasteiger partial charge < -0.3 is 9.13 Å². The first-order valence-electron chi connectivity index (χ1n) is 21.6. The Bertz CT molecular complexity index is 3650. The molecule has 5 aromatic heterocycles. The Morgan fingerprint density at radius 1 is 0.338 bits per heavy atom. The maximum absolute atomic E-state index is 5.32. The lowest BCUT2D eigenvalue weighted by Crippen LogP contribution is -2.12. The summed E-state index contributed by atoms with van der Waals surface area (Å²) in [6, 6.07) is 72.3. The quantitative estimate of drug-likeness (QED) is 0.152. The van der Waals surface area contributed by atoms with E-state index in [0.29, 0.717) is 11.6 Å². The topological polar surface area (TPSA) is 67.9 Å². The Morgan fingerprint density at radius 2 is 0.708 bits per heavy atom. The molecule has 9 heteroatoms. The molecule has 8 aromatic carbocycles. The molecular weight excluding hydrogens is 817 g/mol. The average molecular weight is 853 g/mol. The van der Waals surface area contributed by atoms with Gasteiger partial charge in [-0.3, -0.25) is 9.80 Å². The van der Waals surface area contributed by atoms with Crippen LogP contribution < -0.4 is 9.80 Å². The molecule has 0 radical (unpaired) electrons. The Morgan fingerprint density at radius 3 is 1.14 bits per heavy atom. The number of benzene rings is 8. The van der Waals surface area contributed by atoms with E-state index in [-0.39, 0.29) is 0 Å². The van der Waals surface area contributed by atoms with Gasteiger partial charge in [-0.25, -0.2) is 19.9 Å². The van der Waals surface area contributed by atoms with Gasteiger partial charge in [0.1, 0.15) is 20.7 Å². The van der Waals surface area contributed by atoms with Gasteiger partial charge in [0.05, 0.1) is 34.5 Å². The second-order valence-corrected chi connectivity index (χ2v) is 17.0. The molecule has 0 atom stereocenters. The van der Waals surface area contributed by atoms with E-state index in [9.17, 15) is 0 Å². The molecule has 0 spiro atoms. The molecule has 0 saturated carbocycles. The van der Waals surface area contributed by atoms with Crippen molar-refractivity contribution in [3.8, 4) is 11.4 Å². The maximum Gasteiger partial charge on any atom is 0.157 e. The van der Waals surface area contributed by atoms with Gasteiger partial charge in [-0.05, 0) is 97.1 Å². The molecular formula is C56H36N8S. The van der Waals surface area contributed by atoms with Crippen LogP contribution >= 0.6 is 11.3 Å². The van der Waals surface area contributed by atoms with Crippen LogP contribution in [0.5, 0.6) is 0 Å². The molecule has 0 aliphatic carbocycles. The second kappa shape index (κ2) is 15.0. The molecule has 0 unspecified atom stereocenters. The van der Waals surface area contributed by atoms with Gasteiger partial charge in [0.15, 0.2) is 11.6 Å². The monoisotopic (exact) mass is 852 g/mol. The Labute approximate surface area is 377 Å². The van der Waals surface area contributed by atoms with Crippen LogP contribution in [-0.2, 0) is 0 Å². The molecule has 0 bridgehead atoms. The first kappa shape index (κ1) is 36.9. The van der Waals surface area contributed by atoms with Gasteiger partial charge in [-0.1, -0.05) is 121 Å². The highest BCUT2D eigenvalue weighted by Gasteiger charge is 2.23. The minimum atomic E-state index is 0.704. The number of para-hydroxylation sites is 6. The van der Waals surface area contributed by atoms with E-state index in [2.05, 4.69) is 213 Å². The summed E-state index contributed by atoms with van der Waals surface area (Å²) in [4.78, 5) is 26.7. The molecule has 306 valence electrons. The largest absolute Gasteiger partial charge is 0.309 e. The third kappa shape index (κ3) is 6.05. The SMILES string of the molecule is c1ccc(N(c2ccc3c(c2)c2ccccc2n3-c2ccccc2)c2cnc3c(n2)sc2nc(N(c4ccccc4)c4ccc5c(c4)c4ccccc4n5-c4ccccc4)cnc23)cc1. The van der Waals surface area contributed by atoms with Crippen LogP contribution in [-0.4, -0.2) is 29.1 Å². The standard InChI is InChI=1S/C56H36N8S/c1-5-17-37(18-6-1)61(41-29-31-49-45(33-41)43-25-13-15-27-47(43)63(49)39-21-9-3-10-22-39)51-35-57-53-54-56(65-55(53)59-51)60-52(36-58-54)62(38-19-7-2-8-20-38)42-30-32-50-46(34-42)44-26-14-16-28-48(44)64(50)40-23-11-4-12-24-40/h1-36H. The summed E-state index contributed by atoms with van der Waals surface area (Å²) in [5.74, 6) is 1.41. The number of rotatable bonds is 8. The van der Waals surface area contributed by atoms with E-state index in [1.54, 1.807) is 0 Å². The summed E-state index contributed by atoms with van der Waals surface area (Å²) in [5.41, 5.74) is 12.2. The molecule has 8 nitrogen and oxygen atoms in total. The number of anilines is 6. The fourth-order valence-electron chi connectivity index (χ4n) is 9.39. The number of hydrogen-bond acceptors (Lipinski definition) is 7. The lowest BCUT2D eigenvalue weighted by Gasteiger charge is -2.24. The van der Waals surface area contributed by atoms with Crippen LogP contribution in [0.15, 0.2) is 219 Å². The molecule has 13 rings (SSSR count). The highest BCUT2D eigenvalue weighted by Crippen LogP contribution is 2.43. The summed E-state index contributed by atoms with van der Waals surface area (Å²) < 4.78 is 4.67. The Kier molecular flexibility index (Phi) is 8.53. The maximum atomic E-state index is 5.32. The summed E-state index contributed by atoms with van der Waals surface area (Å²) >= 11 is 1.51. The molecule has 13 aromatic rings. The number of hydrogen-bond donors (Lipinski definition) is 0. The van der Waals surface area contributed by atoms with Crippen LogP contribution in [0.25, 0.3) is 75.7 Å². The predicted octanol–water partition coefficient (Wildman–Crippen LogP) is 14.8. The van der Waals surface area contributed by atoms with Crippen LogP contribution in [0.1, 0.15) is 0 Å². The molecule has 5 heterocycles. The summed E-state index contributed by atoms with van der Waals surface area (Å²) in [5, 5.41) is 4.68. The van der Waals surface area contributed by atoms with Crippen molar-refractivity contribution in [3.05, 3.63) is 219 Å². The molecule has 0 N–H and O–H groups in total. The van der Waals surface area contributed by atoms with Crippen molar-refractivity contribution in [1.29, 1.82) is 0 Å². The van der Waals surface area contributed by atoms with E-state index in [0.717, 1.165) is 87.7 Å². The minimum Gasteiger partial charge on any atom is -0.309 e. The number of nitrogens with zero attached hydrogens (tertiary/aromatic N) is 8. The zero-order valence-electron chi connectivity index (χ0n) is 34.8. The van der Waals surface area contributed by atoms with E-state index < -0.39 is 0 Å². The van der Waals surface area contributed by atoms with Gasteiger partial charge >= 0.3 is 0 Å². The zero-order valence-corrected chi connectivity index (χ0v) is 35.6. The first-order chi connectivity index (χ1) is 32.2. The van der Waals surface area contributed by atoms with Crippen LogP contribution in [0.2, 0.25) is 0 Å². The van der Waals surface area contributed by atoms with E-state index in [1.165, 1.54) is 22.1 Å². The molecule has 65 heavy (non-hydrogen) atoms. The van der Waals surface area contributed by atoms with Crippen LogP contribution in [0.3, 0.4) is 0 Å². The van der Waals surface area contributed by atoms with Crippen LogP contribution in [0, 0.1) is 0 Å². The lowest BCUT2D eigenvalue weighted by molar-refractivity contribution is 1.16. The molecule has 0 fully saturated rings. The minimum absolute atomic E-state index is 0.704. The fraction of sp³-hybridized carbons (Fsp3) is 0. The average Bonchev–Trinajstić information content (AvgIpc) is 4.02. The smallest absolute Gasteiger partial charge is 0.157 e. The van der Waals surface area contributed by atoms with E-state index in [1.807, 2.05) is 24.5 Å². The van der Waals surface area contributed by atoms with Crippen molar-refractivity contribution in [3.63, 3.8) is 0 Å². The normalized spacial score (nSPS) is 11.7. The van der Waals surface area contributed by atoms with E-state index in [4.69, 9.17) is 19.9 Å². The molecule has 0 aliphatic heterocycles. The molecule has 0 amide bonds. The van der Waals surface area contributed by atoms with Crippen molar-refractivity contribution in [2.24, 2.45) is 0 Å². The first-order valence-corrected chi connectivity index (χ1v) is 22.4. The second-order valence-electron chi connectivity index (χ2n) is 16.0. The molecule has 0 aliphatic rings. The van der Waals surface area contributed by atoms with Crippen molar-refractivity contribution < 1.29 is 0 Å². The number of aromatic nitrogens is 6. The number of fused-ring (bicyclic) bond motifs is 9. The molecule has 0 saturated heterocycles. The van der Waals surface area contributed by atoms with Crippen molar-refractivity contribution >= 4 is 110 Å². The predicted molar refractivity (Wildman–Crippen MR) is 269 cm³/mol. The third-order valence-electron chi connectivity index (χ3n) is 12.2. The van der Waals surface area contributed by atoms with Gasteiger partial charge in [-0.15, -0.1) is 0 Å². The summed E-state index contributed by atoms with van der Waals surface area (Å²) in [7, 11) is 0. The van der Waals surface area contributed by atoms with Gasteiger partial charge in [0.2, 0.25) is 0 Å². The third-order valence-corrected chi connectivity index (χ3v) is 13.2. The summed E-state index contributed by atoms with van der Waals surface area (Å²) in [6.45, 7) is 0. The highest BCUT2D eigenvalue weighted by atomic mass is 32.1. The van der Waals surface area contributed by atoms with Gasteiger partial charge in [-0.2, -0.15) is 0 Å². The van der Waals surface area contributed by atoms with Crippen molar-refractivity contribution in [2.75, 3.05) is 9.80 Å². The Balaban J connectivity index is 0.936. The van der Waals surface area contributed by atoms with Crippen molar-refractivity contribution in [1.82, 2.24) is 29.1 Å². The highest BCUT2D eigenvalue weighted by molar-refractivity contribution is 7.24. The number of thiophene rings is 1. The summed E-state index contributed by atoms with van der Waals surface area (Å²) in [6.07, 6.45) is 3.71. The van der Waals surface area contributed by atoms with Crippen LogP contribution in [0.4, 0.5) is 34.4 Å². The van der Waals surface area contributed by atoms with Gasteiger partial charge in [0, 0.05) is 55.7 Å². The van der Waals surface area contributed by atoms with Crippen molar-refractivity contribution in [2.45, 2.75) is 0 Å². The zero-order chi connectivity index (χ0) is 42.8. The lowest BCUT2D eigenvalue weighted by atomic mass is 10.1. The van der Waals surface area contributed by atoms with Gasteiger partial charge in [0.25, 0.3) is 0 Å². The van der Waals surface area contributed by atoms with E-state index >= 15 is 0 Å².